The lowest BCUT2D eigenvalue weighted by Gasteiger charge is -2.18. The second-order valence-electron chi connectivity index (χ2n) is 7.89. The molecule has 176 valence electrons. The zero-order valence-corrected chi connectivity index (χ0v) is 17.7. The topological polar surface area (TPSA) is 139 Å². The molecular formula is C21H26F3N3O5. The number of alkyl halides is 3. The minimum Gasteiger partial charge on any atom is -0.508 e. The Labute approximate surface area is 182 Å². The molecule has 1 aromatic carbocycles. The molecule has 0 aliphatic heterocycles. The maximum atomic E-state index is 11.8. The quantitative estimate of drug-likeness (QED) is 0.522. The van der Waals surface area contributed by atoms with Gasteiger partial charge in [-0.25, -0.2) is 9.59 Å². The number of aliphatic carboxylic acids is 1. The van der Waals surface area contributed by atoms with Gasteiger partial charge < -0.3 is 21.1 Å². The third-order valence-electron chi connectivity index (χ3n) is 4.90. The highest BCUT2D eigenvalue weighted by Gasteiger charge is 2.38. The summed E-state index contributed by atoms with van der Waals surface area (Å²) >= 11 is 0. The highest BCUT2D eigenvalue weighted by Crippen LogP contribution is 2.38. The van der Waals surface area contributed by atoms with E-state index in [4.69, 9.17) is 15.6 Å². The van der Waals surface area contributed by atoms with Crippen LogP contribution in [0.15, 0.2) is 12.1 Å². The largest absolute Gasteiger partial charge is 0.508 e. The number of aromatic carboxylic acids is 1. The van der Waals surface area contributed by atoms with E-state index in [1.807, 2.05) is 12.1 Å². The van der Waals surface area contributed by atoms with Crippen molar-refractivity contribution < 1.29 is 38.1 Å². The number of halogens is 3. The first-order valence-corrected chi connectivity index (χ1v) is 10.0. The van der Waals surface area contributed by atoms with Gasteiger partial charge in [-0.15, -0.1) is 0 Å². The van der Waals surface area contributed by atoms with Gasteiger partial charge in [-0.2, -0.15) is 18.3 Å². The number of hydrogen-bond acceptors (Lipinski definition) is 5. The second-order valence-corrected chi connectivity index (χ2v) is 7.89. The molecule has 1 aliphatic carbocycles. The van der Waals surface area contributed by atoms with Crippen molar-refractivity contribution >= 4 is 11.9 Å². The van der Waals surface area contributed by atoms with Crippen LogP contribution in [0.25, 0.3) is 11.3 Å². The Morgan fingerprint density at radius 3 is 2.34 bits per heavy atom. The first-order valence-electron chi connectivity index (χ1n) is 10.0. The van der Waals surface area contributed by atoms with Gasteiger partial charge in [0.05, 0.1) is 5.69 Å². The van der Waals surface area contributed by atoms with Gasteiger partial charge in [-0.05, 0) is 61.4 Å². The number of benzene rings is 1. The summed E-state index contributed by atoms with van der Waals surface area (Å²) in [5.74, 6) is -2.97. The fourth-order valence-corrected chi connectivity index (χ4v) is 3.56. The summed E-state index contributed by atoms with van der Waals surface area (Å²) in [6, 6.07) is 3.80. The summed E-state index contributed by atoms with van der Waals surface area (Å²) in [5.41, 5.74) is 10.2. The summed E-state index contributed by atoms with van der Waals surface area (Å²) in [7, 11) is 0. The lowest BCUT2D eigenvalue weighted by atomic mass is 9.86. The number of fused-ring (bicyclic) bond motifs is 3. The minimum atomic E-state index is -5.08. The number of aryl methyl sites for hydroxylation is 2. The average molecular weight is 457 g/mol. The van der Waals surface area contributed by atoms with Gasteiger partial charge in [-0.1, -0.05) is 13.8 Å². The standard InChI is InChI=1S/C19H25N3O3.C2HF3O2/c1-11(2)8-13-9-15-12(10-16(13)23)4-5-14-17(15)21-22(7-3-6-20)18(14)19(24)25;3-2(4,5)1(6)7/h9-11,23H,3-8,20H2,1-2H3,(H,24,25);(H,6,7). The van der Waals surface area contributed by atoms with Gasteiger partial charge in [0, 0.05) is 17.7 Å². The molecule has 3 rings (SSSR count). The normalized spacial score (nSPS) is 12.6. The van der Waals surface area contributed by atoms with Crippen molar-refractivity contribution in [1.29, 1.82) is 0 Å². The van der Waals surface area contributed by atoms with Gasteiger partial charge in [0.25, 0.3) is 0 Å². The van der Waals surface area contributed by atoms with E-state index >= 15 is 0 Å². The van der Waals surface area contributed by atoms with Crippen LogP contribution in [0.1, 0.15) is 47.4 Å². The van der Waals surface area contributed by atoms with Crippen LogP contribution in [0.5, 0.6) is 5.75 Å². The molecule has 0 unspecified atom stereocenters. The number of phenolic OH excluding ortho intramolecular Hbond substituents is 1. The minimum absolute atomic E-state index is 0.271. The maximum absolute atomic E-state index is 11.8. The highest BCUT2D eigenvalue weighted by atomic mass is 19.4. The number of nitrogens with zero attached hydrogens (tertiary/aromatic N) is 2. The summed E-state index contributed by atoms with van der Waals surface area (Å²) in [6.07, 6.45) is -2.30. The highest BCUT2D eigenvalue weighted by molar-refractivity contribution is 5.91. The number of hydrogen-bond donors (Lipinski definition) is 4. The number of aromatic nitrogens is 2. The number of carboxylic acids is 2. The monoisotopic (exact) mass is 457 g/mol. The van der Waals surface area contributed by atoms with Crippen molar-refractivity contribution in [3.63, 3.8) is 0 Å². The molecule has 11 heteroatoms. The molecule has 32 heavy (non-hydrogen) atoms. The van der Waals surface area contributed by atoms with E-state index in [1.54, 1.807) is 4.68 Å². The van der Waals surface area contributed by atoms with Crippen LogP contribution in [0, 0.1) is 5.92 Å². The Morgan fingerprint density at radius 1 is 1.22 bits per heavy atom. The Kier molecular flexibility index (Phi) is 7.89. The summed E-state index contributed by atoms with van der Waals surface area (Å²) in [5, 5.41) is 31.7. The average Bonchev–Trinajstić information content (AvgIpc) is 3.05. The fourth-order valence-electron chi connectivity index (χ4n) is 3.56. The molecule has 1 aromatic heterocycles. The van der Waals surface area contributed by atoms with E-state index in [2.05, 4.69) is 18.9 Å². The molecule has 0 bridgehead atoms. The van der Waals surface area contributed by atoms with Gasteiger partial charge in [-0.3, -0.25) is 4.68 Å². The Morgan fingerprint density at radius 2 is 1.84 bits per heavy atom. The second kappa shape index (κ2) is 10.0. The van der Waals surface area contributed by atoms with E-state index in [1.165, 1.54) is 0 Å². The van der Waals surface area contributed by atoms with Crippen LogP contribution in [0.4, 0.5) is 13.2 Å². The Balaban J connectivity index is 0.000000451. The molecule has 0 radical (unpaired) electrons. The summed E-state index contributed by atoms with van der Waals surface area (Å²) < 4.78 is 33.3. The van der Waals surface area contributed by atoms with Crippen LogP contribution < -0.4 is 5.73 Å². The van der Waals surface area contributed by atoms with E-state index < -0.39 is 18.1 Å². The van der Waals surface area contributed by atoms with E-state index in [9.17, 15) is 28.2 Å². The molecule has 1 aliphatic rings. The first-order chi connectivity index (χ1) is 14.9. The van der Waals surface area contributed by atoms with Crippen molar-refractivity contribution in [3.8, 4) is 17.0 Å². The van der Waals surface area contributed by atoms with Gasteiger partial charge >= 0.3 is 18.1 Å². The first kappa shape index (κ1) is 25.2. The van der Waals surface area contributed by atoms with E-state index in [-0.39, 0.29) is 5.69 Å². The SMILES string of the molecule is CC(C)Cc1cc2c(cc1O)CCc1c-2nn(CCCN)c1C(=O)O.O=C(O)C(F)(F)F. The molecule has 0 fully saturated rings. The van der Waals surface area contributed by atoms with Gasteiger partial charge in [0.1, 0.15) is 11.4 Å². The predicted octanol–water partition coefficient (Wildman–Crippen LogP) is 3.23. The van der Waals surface area contributed by atoms with Gasteiger partial charge in [0.15, 0.2) is 0 Å². The molecular weight excluding hydrogens is 431 g/mol. The molecule has 2 aromatic rings. The maximum Gasteiger partial charge on any atom is 0.490 e. The van der Waals surface area contributed by atoms with Crippen LogP contribution in [-0.4, -0.2) is 49.8 Å². The van der Waals surface area contributed by atoms with Crippen LogP contribution in [0.2, 0.25) is 0 Å². The third-order valence-corrected chi connectivity index (χ3v) is 4.90. The van der Waals surface area contributed by atoms with Crippen molar-refractivity contribution in [3.05, 3.63) is 34.5 Å². The molecule has 0 saturated carbocycles. The predicted molar refractivity (Wildman–Crippen MR) is 110 cm³/mol. The molecule has 5 N–H and O–H groups in total. The molecule has 0 atom stereocenters. The van der Waals surface area contributed by atoms with Crippen molar-refractivity contribution in [2.75, 3.05) is 6.54 Å². The smallest absolute Gasteiger partial charge is 0.490 e. The van der Waals surface area contributed by atoms with Crippen molar-refractivity contribution in [2.45, 2.75) is 52.3 Å². The van der Waals surface area contributed by atoms with E-state index in [0.717, 1.165) is 34.4 Å². The van der Waals surface area contributed by atoms with E-state index in [0.29, 0.717) is 44.0 Å². The number of aromatic hydroxyl groups is 1. The summed E-state index contributed by atoms with van der Waals surface area (Å²) in [6.45, 7) is 5.20. The van der Waals surface area contributed by atoms with Crippen LogP contribution in [0.3, 0.4) is 0 Å². The lowest BCUT2D eigenvalue weighted by molar-refractivity contribution is -0.192. The zero-order chi connectivity index (χ0) is 24.2. The molecule has 0 amide bonds. The molecule has 1 heterocycles. The fraction of sp³-hybridized carbons (Fsp3) is 0.476. The number of phenols is 1. The zero-order valence-electron chi connectivity index (χ0n) is 17.7. The number of rotatable bonds is 6. The number of carboxylic acid groups (broad SMARTS) is 2. The molecule has 8 nitrogen and oxygen atoms in total. The van der Waals surface area contributed by atoms with Gasteiger partial charge in [0.2, 0.25) is 0 Å². The number of carbonyl (C=O) groups is 2. The summed E-state index contributed by atoms with van der Waals surface area (Å²) in [4.78, 5) is 20.7. The molecule has 0 spiro atoms. The van der Waals surface area contributed by atoms with Crippen molar-refractivity contribution in [1.82, 2.24) is 9.78 Å². The number of nitrogens with two attached hydrogens (primary N) is 1. The third kappa shape index (κ3) is 5.78. The lowest BCUT2D eigenvalue weighted by Crippen LogP contribution is -2.21. The van der Waals surface area contributed by atoms with Crippen molar-refractivity contribution in [2.24, 2.45) is 11.7 Å². The van der Waals surface area contributed by atoms with Crippen LogP contribution >= 0.6 is 0 Å². The Hall–Kier alpha value is -3.08. The molecule has 0 saturated heterocycles. The van der Waals surface area contributed by atoms with Crippen LogP contribution in [-0.2, 0) is 30.6 Å². The Bertz CT molecular complexity index is 1000.